The van der Waals surface area contributed by atoms with Crippen LogP contribution in [0.1, 0.15) is 11.4 Å². The highest BCUT2D eigenvalue weighted by Crippen LogP contribution is 2.36. The average molecular weight is 399 g/mol. The van der Waals surface area contributed by atoms with Crippen LogP contribution in [-0.2, 0) is 0 Å². The Hall–Kier alpha value is -3.19. The summed E-state index contributed by atoms with van der Waals surface area (Å²) in [6.07, 6.45) is 0. The monoisotopic (exact) mass is 398 g/mol. The standard InChI is InChI=1S/C20H19ClN4O3/c1-11-6-15(17(26-3)8-14(11)21)25-20-9-19(22-12(2)23-20)24-13-4-5-16-18(7-13)28-10-27-16/h4-9H,10H2,1-3H3,(H2,22,23,24,25). The molecule has 8 heteroatoms. The second-order valence-corrected chi connectivity index (χ2v) is 6.71. The van der Waals surface area contributed by atoms with Gasteiger partial charge in [-0.2, -0.15) is 0 Å². The first-order chi connectivity index (χ1) is 13.5. The average Bonchev–Trinajstić information content (AvgIpc) is 3.12. The highest BCUT2D eigenvalue weighted by atomic mass is 35.5. The zero-order valence-corrected chi connectivity index (χ0v) is 16.4. The van der Waals surface area contributed by atoms with Gasteiger partial charge < -0.3 is 24.8 Å². The molecule has 2 heterocycles. The molecule has 0 bridgehead atoms. The van der Waals surface area contributed by atoms with E-state index >= 15 is 0 Å². The number of hydrogen-bond acceptors (Lipinski definition) is 7. The van der Waals surface area contributed by atoms with Crippen LogP contribution in [0.5, 0.6) is 17.2 Å². The fourth-order valence-electron chi connectivity index (χ4n) is 2.89. The van der Waals surface area contributed by atoms with Gasteiger partial charge in [0.15, 0.2) is 11.5 Å². The molecule has 0 atom stereocenters. The number of fused-ring (bicyclic) bond motifs is 1. The topological polar surface area (TPSA) is 77.5 Å². The molecule has 28 heavy (non-hydrogen) atoms. The van der Waals surface area contributed by atoms with Crippen molar-refractivity contribution in [1.82, 2.24) is 9.97 Å². The number of benzene rings is 2. The number of halogens is 1. The summed E-state index contributed by atoms with van der Waals surface area (Å²) < 4.78 is 16.2. The van der Waals surface area contributed by atoms with Crippen molar-refractivity contribution < 1.29 is 14.2 Å². The Morgan fingerprint density at radius 3 is 2.50 bits per heavy atom. The number of nitrogens with one attached hydrogen (secondary N) is 2. The van der Waals surface area contributed by atoms with E-state index in [4.69, 9.17) is 25.8 Å². The van der Waals surface area contributed by atoms with E-state index in [0.717, 1.165) is 22.7 Å². The molecular weight excluding hydrogens is 380 g/mol. The maximum atomic E-state index is 6.19. The molecule has 0 unspecified atom stereocenters. The van der Waals surface area contributed by atoms with Crippen LogP contribution >= 0.6 is 11.6 Å². The molecule has 1 aliphatic heterocycles. The van der Waals surface area contributed by atoms with Crippen molar-refractivity contribution in [3.63, 3.8) is 0 Å². The van der Waals surface area contributed by atoms with Gasteiger partial charge in [0.05, 0.1) is 12.8 Å². The Labute approximate surface area is 167 Å². The lowest BCUT2D eigenvalue weighted by Crippen LogP contribution is -2.03. The normalized spacial score (nSPS) is 12.0. The number of aromatic nitrogens is 2. The molecule has 4 rings (SSSR count). The molecule has 2 aromatic carbocycles. The number of methoxy groups -OCH3 is 1. The van der Waals surface area contributed by atoms with Crippen molar-refractivity contribution in [2.75, 3.05) is 24.5 Å². The highest BCUT2D eigenvalue weighted by molar-refractivity contribution is 6.31. The SMILES string of the molecule is COc1cc(Cl)c(C)cc1Nc1cc(Nc2ccc3c(c2)OCO3)nc(C)n1. The third-order valence-electron chi connectivity index (χ3n) is 4.23. The zero-order valence-electron chi connectivity index (χ0n) is 15.7. The summed E-state index contributed by atoms with van der Waals surface area (Å²) >= 11 is 6.19. The second kappa shape index (κ2) is 7.44. The van der Waals surface area contributed by atoms with E-state index in [2.05, 4.69) is 20.6 Å². The van der Waals surface area contributed by atoms with E-state index in [1.807, 2.05) is 44.2 Å². The van der Waals surface area contributed by atoms with Gasteiger partial charge in [0.25, 0.3) is 0 Å². The van der Waals surface area contributed by atoms with Crippen LogP contribution in [0.25, 0.3) is 0 Å². The number of hydrogen-bond donors (Lipinski definition) is 2. The number of anilines is 4. The first-order valence-corrected chi connectivity index (χ1v) is 9.03. The Morgan fingerprint density at radius 1 is 0.964 bits per heavy atom. The van der Waals surface area contributed by atoms with E-state index < -0.39 is 0 Å². The van der Waals surface area contributed by atoms with Gasteiger partial charge in [-0.1, -0.05) is 11.6 Å². The molecule has 3 aromatic rings. The van der Waals surface area contributed by atoms with E-state index in [0.29, 0.717) is 34.0 Å². The van der Waals surface area contributed by atoms with Gasteiger partial charge in [0.1, 0.15) is 23.2 Å². The van der Waals surface area contributed by atoms with Gasteiger partial charge >= 0.3 is 0 Å². The molecule has 0 aliphatic carbocycles. The minimum Gasteiger partial charge on any atom is -0.495 e. The van der Waals surface area contributed by atoms with E-state index in [9.17, 15) is 0 Å². The molecule has 144 valence electrons. The Balaban J connectivity index is 1.60. The Morgan fingerprint density at radius 2 is 1.71 bits per heavy atom. The highest BCUT2D eigenvalue weighted by Gasteiger charge is 2.14. The second-order valence-electron chi connectivity index (χ2n) is 6.31. The largest absolute Gasteiger partial charge is 0.495 e. The molecule has 2 N–H and O–H groups in total. The van der Waals surface area contributed by atoms with Gasteiger partial charge in [-0.3, -0.25) is 0 Å². The fourth-order valence-corrected chi connectivity index (χ4v) is 3.04. The maximum Gasteiger partial charge on any atom is 0.231 e. The minimum absolute atomic E-state index is 0.238. The number of aryl methyl sites for hydroxylation is 2. The minimum atomic E-state index is 0.238. The first-order valence-electron chi connectivity index (χ1n) is 8.65. The van der Waals surface area contributed by atoms with Gasteiger partial charge in [-0.15, -0.1) is 0 Å². The van der Waals surface area contributed by atoms with Crippen molar-refractivity contribution in [3.8, 4) is 17.2 Å². The maximum absolute atomic E-state index is 6.19. The molecule has 1 aromatic heterocycles. The summed E-state index contributed by atoms with van der Waals surface area (Å²) in [5.74, 6) is 3.98. The first kappa shape index (κ1) is 18.2. The quantitative estimate of drug-likeness (QED) is 0.628. The van der Waals surface area contributed by atoms with Crippen molar-refractivity contribution in [2.24, 2.45) is 0 Å². The molecule has 7 nitrogen and oxygen atoms in total. The van der Waals surface area contributed by atoms with Gasteiger partial charge in [-0.25, -0.2) is 9.97 Å². The molecule has 1 aliphatic rings. The third-order valence-corrected chi connectivity index (χ3v) is 4.63. The molecule has 0 radical (unpaired) electrons. The molecular formula is C20H19ClN4O3. The predicted molar refractivity (Wildman–Crippen MR) is 109 cm³/mol. The van der Waals surface area contributed by atoms with Crippen LogP contribution in [0.4, 0.5) is 23.0 Å². The Kier molecular flexibility index (Phi) is 4.83. The molecule has 0 spiro atoms. The lowest BCUT2D eigenvalue weighted by Gasteiger charge is -2.14. The summed E-state index contributed by atoms with van der Waals surface area (Å²) in [5, 5.41) is 7.20. The lowest BCUT2D eigenvalue weighted by molar-refractivity contribution is 0.174. The number of ether oxygens (including phenoxy) is 3. The lowest BCUT2D eigenvalue weighted by atomic mass is 10.2. The van der Waals surface area contributed by atoms with Gasteiger partial charge in [0, 0.05) is 28.9 Å². The predicted octanol–water partition coefficient (Wildman–Crippen LogP) is 4.97. The van der Waals surface area contributed by atoms with Crippen molar-refractivity contribution in [2.45, 2.75) is 13.8 Å². The van der Waals surface area contributed by atoms with E-state index in [1.54, 1.807) is 13.2 Å². The van der Waals surface area contributed by atoms with Gasteiger partial charge in [-0.05, 0) is 37.6 Å². The summed E-state index contributed by atoms with van der Waals surface area (Å²) in [6, 6.07) is 11.2. The van der Waals surface area contributed by atoms with Crippen LogP contribution in [-0.4, -0.2) is 23.9 Å². The Bertz CT molecular complexity index is 1040. The summed E-state index contributed by atoms with van der Waals surface area (Å²) in [5.41, 5.74) is 2.55. The van der Waals surface area contributed by atoms with Crippen molar-refractivity contribution in [1.29, 1.82) is 0 Å². The number of nitrogens with zero attached hydrogens (tertiary/aromatic N) is 2. The third kappa shape index (κ3) is 3.75. The van der Waals surface area contributed by atoms with Crippen LogP contribution in [0.3, 0.4) is 0 Å². The smallest absolute Gasteiger partial charge is 0.231 e. The van der Waals surface area contributed by atoms with Crippen LogP contribution in [0, 0.1) is 13.8 Å². The zero-order chi connectivity index (χ0) is 19.7. The number of rotatable bonds is 5. The van der Waals surface area contributed by atoms with E-state index in [-0.39, 0.29) is 6.79 Å². The molecule has 0 saturated heterocycles. The van der Waals surface area contributed by atoms with Crippen LogP contribution in [0.15, 0.2) is 36.4 Å². The fraction of sp³-hybridized carbons (Fsp3) is 0.200. The van der Waals surface area contributed by atoms with Crippen molar-refractivity contribution in [3.05, 3.63) is 52.8 Å². The van der Waals surface area contributed by atoms with Gasteiger partial charge in [0.2, 0.25) is 6.79 Å². The molecule has 0 fully saturated rings. The summed E-state index contributed by atoms with van der Waals surface area (Å²) in [7, 11) is 1.60. The molecule has 0 amide bonds. The van der Waals surface area contributed by atoms with Crippen LogP contribution < -0.4 is 24.8 Å². The summed E-state index contributed by atoms with van der Waals surface area (Å²) in [4.78, 5) is 8.91. The van der Waals surface area contributed by atoms with E-state index in [1.165, 1.54) is 0 Å². The van der Waals surface area contributed by atoms with Crippen LogP contribution in [0.2, 0.25) is 5.02 Å². The summed E-state index contributed by atoms with van der Waals surface area (Å²) in [6.45, 7) is 4.01. The van der Waals surface area contributed by atoms with Crippen molar-refractivity contribution >= 4 is 34.6 Å². The molecule has 0 saturated carbocycles.